The maximum atomic E-state index is 5.56. The van der Waals surface area contributed by atoms with E-state index in [4.69, 9.17) is 4.74 Å². The third-order valence-corrected chi connectivity index (χ3v) is 2.54. The standard InChI is InChI=1S/C13H21NO/c1-5-13(3,4)14-11-9-7-8-10-12(11)15-6-2/h7-10,14H,5-6H2,1-4H3. The third kappa shape index (κ3) is 3.46. The number of hydrogen-bond donors (Lipinski definition) is 1. The molecule has 0 atom stereocenters. The van der Waals surface area contributed by atoms with Crippen molar-refractivity contribution in [3.8, 4) is 5.75 Å². The van der Waals surface area contributed by atoms with Gasteiger partial charge in [-0.05, 0) is 39.3 Å². The van der Waals surface area contributed by atoms with Crippen molar-refractivity contribution in [2.75, 3.05) is 11.9 Å². The molecule has 0 aliphatic rings. The summed E-state index contributed by atoms with van der Waals surface area (Å²) in [5.41, 5.74) is 1.18. The van der Waals surface area contributed by atoms with Crippen molar-refractivity contribution in [1.29, 1.82) is 0 Å². The van der Waals surface area contributed by atoms with Crippen LogP contribution < -0.4 is 10.1 Å². The van der Waals surface area contributed by atoms with Crippen molar-refractivity contribution in [2.24, 2.45) is 0 Å². The monoisotopic (exact) mass is 207 g/mol. The zero-order valence-corrected chi connectivity index (χ0v) is 10.1. The Kier molecular flexibility index (Phi) is 4.01. The molecule has 0 bridgehead atoms. The van der Waals surface area contributed by atoms with E-state index in [9.17, 15) is 0 Å². The van der Waals surface area contributed by atoms with Crippen LogP contribution in [0.5, 0.6) is 5.75 Å². The second kappa shape index (κ2) is 5.06. The molecule has 0 aromatic heterocycles. The van der Waals surface area contributed by atoms with Crippen molar-refractivity contribution in [2.45, 2.75) is 39.7 Å². The molecule has 1 N–H and O–H groups in total. The van der Waals surface area contributed by atoms with Gasteiger partial charge in [-0.1, -0.05) is 19.1 Å². The van der Waals surface area contributed by atoms with Gasteiger partial charge in [0.05, 0.1) is 12.3 Å². The highest BCUT2D eigenvalue weighted by molar-refractivity contribution is 5.57. The fourth-order valence-electron chi connectivity index (χ4n) is 1.30. The van der Waals surface area contributed by atoms with Crippen molar-refractivity contribution >= 4 is 5.69 Å². The smallest absolute Gasteiger partial charge is 0.142 e. The van der Waals surface area contributed by atoms with Gasteiger partial charge in [0.25, 0.3) is 0 Å². The molecule has 2 heteroatoms. The quantitative estimate of drug-likeness (QED) is 0.795. The van der Waals surface area contributed by atoms with E-state index < -0.39 is 0 Å². The number of benzene rings is 1. The molecule has 0 unspecified atom stereocenters. The van der Waals surface area contributed by atoms with Crippen LogP contribution in [0, 0.1) is 0 Å². The van der Waals surface area contributed by atoms with Gasteiger partial charge in [0.15, 0.2) is 0 Å². The van der Waals surface area contributed by atoms with E-state index in [1.807, 2.05) is 25.1 Å². The fourth-order valence-corrected chi connectivity index (χ4v) is 1.30. The van der Waals surface area contributed by atoms with E-state index >= 15 is 0 Å². The van der Waals surface area contributed by atoms with E-state index in [-0.39, 0.29) is 5.54 Å². The molecule has 1 aromatic rings. The Balaban J connectivity index is 2.84. The van der Waals surface area contributed by atoms with Crippen molar-refractivity contribution in [3.05, 3.63) is 24.3 Å². The molecule has 1 rings (SSSR count). The summed E-state index contributed by atoms with van der Waals surface area (Å²) in [5.74, 6) is 0.932. The number of anilines is 1. The Morgan fingerprint density at radius 2 is 1.87 bits per heavy atom. The summed E-state index contributed by atoms with van der Waals surface area (Å²) in [7, 11) is 0. The van der Waals surface area contributed by atoms with Crippen molar-refractivity contribution in [3.63, 3.8) is 0 Å². The lowest BCUT2D eigenvalue weighted by atomic mass is 10.0. The Morgan fingerprint density at radius 1 is 1.20 bits per heavy atom. The first-order valence-corrected chi connectivity index (χ1v) is 5.59. The van der Waals surface area contributed by atoms with Crippen molar-refractivity contribution < 1.29 is 4.74 Å². The summed E-state index contributed by atoms with van der Waals surface area (Å²) >= 11 is 0. The molecule has 15 heavy (non-hydrogen) atoms. The number of rotatable bonds is 5. The predicted molar refractivity (Wildman–Crippen MR) is 65.6 cm³/mol. The fraction of sp³-hybridized carbons (Fsp3) is 0.538. The molecular formula is C13H21NO. The van der Waals surface area contributed by atoms with Crippen LogP contribution in [0.15, 0.2) is 24.3 Å². The highest BCUT2D eigenvalue weighted by Gasteiger charge is 2.16. The zero-order chi connectivity index (χ0) is 11.3. The van der Waals surface area contributed by atoms with Gasteiger partial charge in [0, 0.05) is 5.54 Å². The molecule has 0 saturated heterocycles. The number of ether oxygens (including phenoxy) is 1. The van der Waals surface area contributed by atoms with Crippen LogP contribution in [0.25, 0.3) is 0 Å². The Morgan fingerprint density at radius 3 is 2.47 bits per heavy atom. The van der Waals surface area contributed by atoms with Gasteiger partial charge < -0.3 is 10.1 Å². The van der Waals surface area contributed by atoms with E-state index in [0.29, 0.717) is 6.61 Å². The number of hydrogen-bond acceptors (Lipinski definition) is 2. The van der Waals surface area contributed by atoms with Crippen LogP contribution in [0.2, 0.25) is 0 Å². The topological polar surface area (TPSA) is 21.3 Å². The van der Waals surface area contributed by atoms with Crippen LogP contribution in [-0.4, -0.2) is 12.1 Å². The lowest BCUT2D eigenvalue weighted by molar-refractivity contribution is 0.340. The second-order valence-corrected chi connectivity index (χ2v) is 4.29. The molecule has 2 nitrogen and oxygen atoms in total. The largest absolute Gasteiger partial charge is 0.492 e. The molecule has 0 aliphatic heterocycles. The molecule has 0 heterocycles. The Bertz CT molecular complexity index is 307. The number of nitrogens with one attached hydrogen (secondary N) is 1. The molecule has 0 fully saturated rings. The zero-order valence-electron chi connectivity index (χ0n) is 10.1. The Hall–Kier alpha value is -1.18. The minimum absolute atomic E-state index is 0.104. The van der Waals surface area contributed by atoms with Crippen molar-refractivity contribution in [1.82, 2.24) is 0 Å². The van der Waals surface area contributed by atoms with E-state index in [1.165, 1.54) is 0 Å². The van der Waals surface area contributed by atoms with Crippen LogP contribution in [-0.2, 0) is 0 Å². The molecule has 0 amide bonds. The maximum absolute atomic E-state index is 5.56. The molecule has 0 spiro atoms. The van der Waals surface area contributed by atoms with Gasteiger partial charge in [-0.2, -0.15) is 0 Å². The number of para-hydroxylation sites is 2. The average Bonchev–Trinajstić information content (AvgIpc) is 2.21. The first kappa shape index (κ1) is 11.9. The minimum Gasteiger partial charge on any atom is -0.492 e. The van der Waals surface area contributed by atoms with Crippen LogP contribution in [0.3, 0.4) is 0 Å². The van der Waals surface area contributed by atoms with E-state index in [1.54, 1.807) is 0 Å². The lowest BCUT2D eigenvalue weighted by Crippen LogP contribution is -2.29. The summed E-state index contributed by atoms with van der Waals surface area (Å²) in [6.45, 7) is 9.26. The Labute approximate surface area is 92.6 Å². The SMILES string of the molecule is CCOc1ccccc1NC(C)(C)CC. The third-order valence-electron chi connectivity index (χ3n) is 2.54. The van der Waals surface area contributed by atoms with Gasteiger partial charge in [0.1, 0.15) is 5.75 Å². The first-order chi connectivity index (χ1) is 7.09. The summed E-state index contributed by atoms with van der Waals surface area (Å²) in [4.78, 5) is 0. The van der Waals surface area contributed by atoms with Gasteiger partial charge in [0.2, 0.25) is 0 Å². The normalized spacial score (nSPS) is 11.2. The van der Waals surface area contributed by atoms with Gasteiger partial charge in [-0.3, -0.25) is 0 Å². The summed E-state index contributed by atoms with van der Waals surface area (Å²) in [6, 6.07) is 8.08. The lowest BCUT2D eigenvalue weighted by Gasteiger charge is -2.27. The predicted octanol–water partition coefficient (Wildman–Crippen LogP) is 3.69. The molecule has 0 aliphatic carbocycles. The molecular weight excluding hydrogens is 186 g/mol. The molecule has 1 aromatic carbocycles. The average molecular weight is 207 g/mol. The highest BCUT2D eigenvalue weighted by atomic mass is 16.5. The second-order valence-electron chi connectivity index (χ2n) is 4.29. The minimum atomic E-state index is 0.104. The van der Waals surface area contributed by atoms with Gasteiger partial charge in [-0.15, -0.1) is 0 Å². The van der Waals surface area contributed by atoms with Crippen LogP contribution in [0.4, 0.5) is 5.69 Å². The highest BCUT2D eigenvalue weighted by Crippen LogP contribution is 2.27. The maximum Gasteiger partial charge on any atom is 0.142 e. The van der Waals surface area contributed by atoms with Crippen LogP contribution in [0.1, 0.15) is 34.1 Å². The molecule has 84 valence electrons. The van der Waals surface area contributed by atoms with Gasteiger partial charge in [-0.25, -0.2) is 0 Å². The first-order valence-electron chi connectivity index (χ1n) is 5.59. The summed E-state index contributed by atoms with van der Waals surface area (Å²) in [6.07, 6.45) is 1.08. The van der Waals surface area contributed by atoms with E-state index in [2.05, 4.69) is 32.2 Å². The van der Waals surface area contributed by atoms with Crippen LogP contribution >= 0.6 is 0 Å². The molecule has 0 saturated carbocycles. The summed E-state index contributed by atoms with van der Waals surface area (Å²) < 4.78 is 5.56. The van der Waals surface area contributed by atoms with Gasteiger partial charge >= 0.3 is 0 Å². The molecule has 0 radical (unpaired) electrons. The summed E-state index contributed by atoms with van der Waals surface area (Å²) in [5, 5.41) is 3.50. The van der Waals surface area contributed by atoms with E-state index in [0.717, 1.165) is 17.9 Å².